The number of fused-ring (bicyclic) bond motifs is 1. The fourth-order valence-corrected chi connectivity index (χ4v) is 3.18. The van der Waals surface area contributed by atoms with Crippen molar-refractivity contribution in [1.29, 1.82) is 0 Å². The van der Waals surface area contributed by atoms with Gasteiger partial charge in [-0.1, -0.05) is 42.5 Å². The molecule has 0 saturated heterocycles. The lowest BCUT2D eigenvalue weighted by Gasteiger charge is -2.38. The van der Waals surface area contributed by atoms with Gasteiger partial charge in [0, 0.05) is 18.0 Å². The van der Waals surface area contributed by atoms with Crippen molar-refractivity contribution in [2.24, 2.45) is 0 Å². The normalized spacial score (nSPS) is 19.3. The number of rotatable bonds is 4. The summed E-state index contributed by atoms with van der Waals surface area (Å²) in [6, 6.07) is 17.5. The molecule has 0 amide bonds. The van der Waals surface area contributed by atoms with Gasteiger partial charge in [0.05, 0.1) is 0 Å². The molecular formula is C20H25NO. The van der Waals surface area contributed by atoms with Crippen molar-refractivity contribution in [3.05, 3.63) is 65.2 Å². The third-order valence-corrected chi connectivity index (χ3v) is 4.27. The molecule has 1 atom stereocenters. The van der Waals surface area contributed by atoms with E-state index < -0.39 is 0 Å². The smallest absolute Gasteiger partial charge is 0.125 e. The first-order valence-electron chi connectivity index (χ1n) is 8.10. The van der Waals surface area contributed by atoms with Crippen LogP contribution in [0.2, 0.25) is 0 Å². The Balaban J connectivity index is 1.71. The Morgan fingerprint density at radius 1 is 1.14 bits per heavy atom. The number of hydrogen-bond acceptors (Lipinski definition) is 2. The van der Waals surface area contributed by atoms with Crippen LogP contribution in [0, 0.1) is 6.92 Å². The summed E-state index contributed by atoms with van der Waals surface area (Å²) in [5.74, 6) is 1.04. The minimum atomic E-state index is -0.120. The highest BCUT2D eigenvalue weighted by molar-refractivity contribution is 5.41. The monoisotopic (exact) mass is 295 g/mol. The first-order valence-corrected chi connectivity index (χ1v) is 8.10. The molecule has 1 aliphatic heterocycles. The van der Waals surface area contributed by atoms with Gasteiger partial charge in [-0.05, 0) is 50.9 Å². The number of benzene rings is 2. The van der Waals surface area contributed by atoms with Crippen LogP contribution >= 0.6 is 0 Å². The molecule has 0 spiro atoms. The van der Waals surface area contributed by atoms with Crippen molar-refractivity contribution < 1.29 is 4.74 Å². The first kappa shape index (κ1) is 15.1. The zero-order valence-electron chi connectivity index (χ0n) is 13.7. The van der Waals surface area contributed by atoms with Crippen LogP contribution in [-0.4, -0.2) is 12.1 Å². The highest BCUT2D eigenvalue weighted by atomic mass is 16.5. The van der Waals surface area contributed by atoms with Crippen molar-refractivity contribution in [3.8, 4) is 5.75 Å². The second-order valence-electron chi connectivity index (χ2n) is 6.85. The van der Waals surface area contributed by atoms with E-state index in [4.69, 9.17) is 4.74 Å². The Labute approximate surface area is 133 Å². The van der Waals surface area contributed by atoms with Crippen LogP contribution < -0.4 is 10.1 Å². The third kappa shape index (κ3) is 3.50. The van der Waals surface area contributed by atoms with Gasteiger partial charge < -0.3 is 10.1 Å². The Kier molecular flexibility index (Phi) is 4.21. The van der Waals surface area contributed by atoms with Crippen LogP contribution in [0.4, 0.5) is 0 Å². The Morgan fingerprint density at radius 3 is 2.68 bits per heavy atom. The second-order valence-corrected chi connectivity index (χ2v) is 6.85. The fourth-order valence-electron chi connectivity index (χ4n) is 3.18. The largest absolute Gasteiger partial charge is 0.487 e. The molecular weight excluding hydrogens is 270 g/mol. The lowest BCUT2D eigenvalue weighted by Crippen LogP contribution is -2.40. The van der Waals surface area contributed by atoms with Gasteiger partial charge in [-0.2, -0.15) is 0 Å². The van der Waals surface area contributed by atoms with E-state index in [0.717, 1.165) is 25.1 Å². The van der Waals surface area contributed by atoms with Gasteiger partial charge >= 0.3 is 0 Å². The summed E-state index contributed by atoms with van der Waals surface area (Å²) in [6.07, 6.45) is 2.05. The average Bonchev–Trinajstić information content (AvgIpc) is 2.46. The van der Waals surface area contributed by atoms with Crippen molar-refractivity contribution in [2.45, 2.75) is 45.3 Å². The molecule has 2 aromatic rings. The van der Waals surface area contributed by atoms with Gasteiger partial charge in [0.1, 0.15) is 11.4 Å². The SMILES string of the molecule is Cc1ccc2c(c1)OC(C)(C)CC2NCCc1ccccc1. The van der Waals surface area contributed by atoms with Crippen LogP contribution in [0.3, 0.4) is 0 Å². The van der Waals surface area contributed by atoms with Gasteiger partial charge in [0.2, 0.25) is 0 Å². The summed E-state index contributed by atoms with van der Waals surface area (Å²) < 4.78 is 6.15. The Bertz CT molecular complexity index is 633. The van der Waals surface area contributed by atoms with Gasteiger partial charge in [-0.15, -0.1) is 0 Å². The molecule has 1 heterocycles. The summed E-state index contributed by atoms with van der Waals surface area (Å²) in [4.78, 5) is 0. The number of hydrogen-bond donors (Lipinski definition) is 1. The Hall–Kier alpha value is -1.80. The molecule has 0 aliphatic carbocycles. The molecule has 0 radical (unpaired) electrons. The van der Waals surface area contributed by atoms with Crippen molar-refractivity contribution in [1.82, 2.24) is 5.32 Å². The summed E-state index contributed by atoms with van der Waals surface area (Å²) in [6.45, 7) is 7.44. The zero-order chi connectivity index (χ0) is 15.6. The van der Waals surface area contributed by atoms with Gasteiger partial charge in [-0.3, -0.25) is 0 Å². The molecule has 1 unspecified atom stereocenters. The van der Waals surface area contributed by atoms with Crippen LogP contribution in [0.5, 0.6) is 5.75 Å². The molecule has 3 rings (SSSR count). The van der Waals surface area contributed by atoms with Crippen molar-refractivity contribution >= 4 is 0 Å². The molecule has 0 saturated carbocycles. The van der Waals surface area contributed by atoms with Crippen LogP contribution in [0.15, 0.2) is 48.5 Å². The topological polar surface area (TPSA) is 21.3 Å². The van der Waals surface area contributed by atoms with Crippen LogP contribution in [0.25, 0.3) is 0 Å². The average molecular weight is 295 g/mol. The van der Waals surface area contributed by atoms with Gasteiger partial charge in [-0.25, -0.2) is 0 Å². The zero-order valence-corrected chi connectivity index (χ0v) is 13.7. The van der Waals surface area contributed by atoms with E-state index in [2.05, 4.69) is 74.6 Å². The molecule has 2 heteroatoms. The van der Waals surface area contributed by atoms with E-state index >= 15 is 0 Å². The van der Waals surface area contributed by atoms with Gasteiger partial charge in [0.25, 0.3) is 0 Å². The predicted octanol–water partition coefficient (Wildman–Crippen LogP) is 4.43. The summed E-state index contributed by atoms with van der Waals surface area (Å²) in [5.41, 5.74) is 3.80. The molecule has 22 heavy (non-hydrogen) atoms. The lowest BCUT2D eigenvalue weighted by atomic mass is 9.89. The highest BCUT2D eigenvalue weighted by Crippen LogP contribution is 2.39. The minimum absolute atomic E-state index is 0.120. The molecule has 0 bridgehead atoms. The Morgan fingerprint density at radius 2 is 1.91 bits per heavy atom. The van der Waals surface area contributed by atoms with Crippen molar-refractivity contribution in [2.75, 3.05) is 6.54 Å². The molecule has 2 aromatic carbocycles. The fraction of sp³-hybridized carbons (Fsp3) is 0.400. The molecule has 116 valence electrons. The van der Waals surface area contributed by atoms with E-state index in [1.54, 1.807) is 0 Å². The molecule has 0 aromatic heterocycles. The van der Waals surface area contributed by atoms with E-state index in [1.165, 1.54) is 16.7 Å². The summed E-state index contributed by atoms with van der Waals surface area (Å²) in [5, 5.41) is 3.72. The second kappa shape index (κ2) is 6.13. The lowest BCUT2D eigenvalue weighted by molar-refractivity contribution is 0.0661. The molecule has 1 aliphatic rings. The van der Waals surface area contributed by atoms with E-state index in [9.17, 15) is 0 Å². The van der Waals surface area contributed by atoms with Crippen LogP contribution in [0.1, 0.15) is 43.0 Å². The third-order valence-electron chi connectivity index (χ3n) is 4.27. The first-order chi connectivity index (χ1) is 10.5. The maximum absolute atomic E-state index is 6.15. The molecule has 0 fully saturated rings. The number of ether oxygens (including phenoxy) is 1. The van der Waals surface area contributed by atoms with E-state index in [1.807, 2.05) is 0 Å². The number of nitrogens with one attached hydrogen (secondary N) is 1. The predicted molar refractivity (Wildman–Crippen MR) is 91.4 cm³/mol. The van der Waals surface area contributed by atoms with Crippen molar-refractivity contribution in [3.63, 3.8) is 0 Å². The summed E-state index contributed by atoms with van der Waals surface area (Å²) in [7, 11) is 0. The van der Waals surface area contributed by atoms with E-state index in [0.29, 0.717) is 6.04 Å². The maximum atomic E-state index is 6.15. The van der Waals surface area contributed by atoms with Crippen LogP contribution in [-0.2, 0) is 6.42 Å². The molecule has 1 N–H and O–H groups in total. The van der Waals surface area contributed by atoms with E-state index in [-0.39, 0.29) is 5.60 Å². The minimum Gasteiger partial charge on any atom is -0.487 e. The summed E-state index contributed by atoms with van der Waals surface area (Å²) >= 11 is 0. The maximum Gasteiger partial charge on any atom is 0.125 e. The number of aryl methyl sites for hydroxylation is 1. The quantitative estimate of drug-likeness (QED) is 0.901. The molecule has 2 nitrogen and oxygen atoms in total. The highest BCUT2D eigenvalue weighted by Gasteiger charge is 2.33. The van der Waals surface area contributed by atoms with Gasteiger partial charge in [0.15, 0.2) is 0 Å². The standard InChI is InChI=1S/C20H25NO/c1-15-9-10-17-18(14-20(2,3)22-19(17)13-15)21-12-11-16-7-5-4-6-8-16/h4-10,13,18,21H,11-12,14H2,1-3H3.